The molecule has 0 unspecified atom stereocenters. The lowest BCUT2D eigenvalue weighted by atomic mass is 10.1. The third kappa shape index (κ3) is 3.03. The van der Waals surface area contributed by atoms with Gasteiger partial charge >= 0.3 is 6.18 Å². The summed E-state index contributed by atoms with van der Waals surface area (Å²) in [7, 11) is 0. The van der Waals surface area contributed by atoms with Crippen LogP contribution >= 0.6 is 0 Å². The molecule has 2 heterocycles. The number of anilines is 1. The van der Waals surface area contributed by atoms with E-state index in [1.807, 2.05) is 0 Å². The molecular formula is C16H12F3N3O2. The van der Waals surface area contributed by atoms with Gasteiger partial charge in [0.1, 0.15) is 5.76 Å². The van der Waals surface area contributed by atoms with Gasteiger partial charge in [0.2, 0.25) is 0 Å². The van der Waals surface area contributed by atoms with Gasteiger partial charge in [-0.05, 0) is 37.3 Å². The van der Waals surface area contributed by atoms with E-state index in [0.29, 0.717) is 11.4 Å². The molecule has 0 radical (unpaired) electrons. The average molecular weight is 335 g/mol. The normalized spacial score (nSPS) is 11.5. The van der Waals surface area contributed by atoms with Crippen molar-refractivity contribution >= 4 is 11.6 Å². The predicted octanol–water partition coefficient (Wildman–Crippen LogP) is 4.04. The second-order valence-corrected chi connectivity index (χ2v) is 5.02. The molecular weight excluding hydrogens is 323 g/mol. The van der Waals surface area contributed by atoms with Gasteiger partial charge in [-0.2, -0.15) is 18.3 Å². The van der Waals surface area contributed by atoms with E-state index >= 15 is 0 Å². The molecule has 1 amide bonds. The quantitative estimate of drug-likeness (QED) is 0.786. The number of hydrogen-bond donors (Lipinski definition) is 1. The summed E-state index contributed by atoms with van der Waals surface area (Å²) in [4.78, 5) is 12.3. The molecule has 0 saturated heterocycles. The van der Waals surface area contributed by atoms with Gasteiger partial charge in [0.25, 0.3) is 5.91 Å². The number of aryl methyl sites for hydroxylation is 1. The van der Waals surface area contributed by atoms with E-state index in [4.69, 9.17) is 4.42 Å². The molecule has 0 atom stereocenters. The average Bonchev–Trinajstić information content (AvgIpc) is 3.17. The van der Waals surface area contributed by atoms with Crippen molar-refractivity contribution in [1.29, 1.82) is 0 Å². The summed E-state index contributed by atoms with van der Waals surface area (Å²) in [6.45, 7) is 1.59. The Hall–Kier alpha value is -3.03. The van der Waals surface area contributed by atoms with E-state index in [1.165, 1.54) is 29.3 Å². The molecule has 3 rings (SSSR count). The second-order valence-electron chi connectivity index (χ2n) is 5.02. The van der Waals surface area contributed by atoms with Crippen LogP contribution in [0.3, 0.4) is 0 Å². The number of halogens is 3. The first-order chi connectivity index (χ1) is 11.4. The van der Waals surface area contributed by atoms with Gasteiger partial charge in [-0.1, -0.05) is 0 Å². The van der Waals surface area contributed by atoms with Crippen LogP contribution in [0.15, 0.2) is 53.4 Å². The molecule has 0 aliphatic heterocycles. The molecule has 8 heteroatoms. The maximum atomic E-state index is 13.0. The highest BCUT2D eigenvalue weighted by atomic mass is 19.4. The van der Waals surface area contributed by atoms with Crippen LogP contribution in [-0.2, 0) is 6.18 Å². The number of carbonyl (C=O) groups is 1. The van der Waals surface area contributed by atoms with Crippen molar-refractivity contribution in [3.63, 3.8) is 0 Å². The number of amides is 1. The minimum absolute atomic E-state index is 0.000810. The predicted molar refractivity (Wildman–Crippen MR) is 80.0 cm³/mol. The Morgan fingerprint density at radius 1 is 1.29 bits per heavy atom. The van der Waals surface area contributed by atoms with Gasteiger partial charge < -0.3 is 9.73 Å². The first kappa shape index (κ1) is 15.9. The molecule has 0 bridgehead atoms. The van der Waals surface area contributed by atoms with Crippen LogP contribution in [0.1, 0.15) is 21.7 Å². The Morgan fingerprint density at radius 3 is 2.67 bits per heavy atom. The standard InChI is InChI=1S/C16H12F3N3O2/c1-10-12(5-8-24-10)15(23)21-13-9-11(16(17,18)19)3-4-14(13)22-7-2-6-20-22/h2-9H,1H3,(H,21,23). The number of nitrogens with one attached hydrogen (secondary N) is 1. The molecule has 0 saturated carbocycles. The summed E-state index contributed by atoms with van der Waals surface area (Å²) in [5.74, 6) is -0.186. The zero-order chi connectivity index (χ0) is 17.3. The zero-order valence-corrected chi connectivity index (χ0v) is 12.5. The monoisotopic (exact) mass is 335 g/mol. The number of carbonyl (C=O) groups excluding carboxylic acids is 1. The van der Waals surface area contributed by atoms with Crippen LogP contribution in [0.25, 0.3) is 5.69 Å². The molecule has 0 aliphatic carbocycles. The van der Waals surface area contributed by atoms with Crippen LogP contribution in [0.5, 0.6) is 0 Å². The van der Waals surface area contributed by atoms with Crippen LogP contribution < -0.4 is 5.32 Å². The van der Waals surface area contributed by atoms with Gasteiger partial charge in [0.05, 0.1) is 28.8 Å². The summed E-state index contributed by atoms with van der Waals surface area (Å²) in [5, 5.41) is 6.49. The van der Waals surface area contributed by atoms with Gasteiger partial charge in [0.15, 0.2) is 0 Å². The van der Waals surface area contributed by atoms with E-state index in [9.17, 15) is 18.0 Å². The molecule has 2 aromatic heterocycles. The van der Waals surface area contributed by atoms with Gasteiger partial charge in [0, 0.05) is 12.4 Å². The van der Waals surface area contributed by atoms with E-state index in [0.717, 1.165) is 12.1 Å². The van der Waals surface area contributed by atoms with Crippen LogP contribution in [0, 0.1) is 6.92 Å². The van der Waals surface area contributed by atoms with Gasteiger partial charge in [-0.25, -0.2) is 4.68 Å². The Labute approximate surface area is 134 Å². The fraction of sp³-hybridized carbons (Fsp3) is 0.125. The van der Waals surface area contributed by atoms with Crippen molar-refractivity contribution in [3.8, 4) is 5.69 Å². The third-order valence-electron chi connectivity index (χ3n) is 3.43. The van der Waals surface area contributed by atoms with E-state index in [1.54, 1.807) is 19.2 Å². The summed E-state index contributed by atoms with van der Waals surface area (Å²) >= 11 is 0. The molecule has 3 aromatic rings. The number of rotatable bonds is 3. The van der Waals surface area contributed by atoms with E-state index in [2.05, 4.69) is 10.4 Å². The largest absolute Gasteiger partial charge is 0.469 e. The lowest BCUT2D eigenvalue weighted by molar-refractivity contribution is -0.137. The molecule has 24 heavy (non-hydrogen) atoms. The summed E-state index contributed by atoms with van der Waals surface area (Å²) in [5.41, 5.74) is -0.293. The van der Waals surface area contributed by atoms with E-state index < -0.39 is 17.6 Å². The zero-order valence-electron chi connectivity index (χ0n) is 12.5. The van der Waals surface area contributed by atoms with Crippen molar-refractivity contribution in [2.75, 3.05) is 5.32 Å². The summed E-state index contributed by atoms with van der Waals surface area (Å²) in [6.07, 6.45) is -0.122. The minimum atomic E-state index is -4.52. The highest BCUT2D eigenvalue weighted by Crippen LogP contribution is 2.33. The first-order valence-electron chi connectivity index (χ1n) is 6.93. The SMILES string of the molecule is Cc1occc1C(=O)Nc1cc(C(F)(F)F)ccc1-n1cccn1. The number of nitrogens with zero attached hydrogens (tertiary/aromatic N) is 2. The van der Waals surface area contributed by atoms with E-state index in [-0.39, 0.29) is 11.3 Å². The molecule has 0 aliphatic rings. The van der Waals surface area contributed by atoms with Crippen molar-refractivity contribution in [3.05, 3.63) is 65.9 Å². The molecule has 1 aromatic carbocycles. The topological polar surface area (TPSA) is 60.1 Å². The molecule has 124 valence electrons. The Bertz CT molecular complexity index is 867. The fourth-order valence-corrected chi connectivity index (χ4v) is 2.23. The lowest BCUT2D eigenvalue weighted by Gasteiger charge is -2.14. The Morgan fingerprint density at radius 2 is 2.08 bits per heavy atom. The van der Waals surface area contributed by atoms with Crippen LogP contribution in [-0.4, -0.2) is 15.7 Å². The van der Waals surface area contributed by atoms with Crippen LogP contribution in [0.2, 0.25) is 0 Å². The second kappa shape index (κ2) is 5.88. The Balaban J connectivity index is 2.03. The highest BCUT2D eigenvalue weighted by Gasteiger charge is 2.31. The number of aromatic nitrogens is 2. The number of benzene rings is 1. The fourth-order valence-electron chi connectivity index (χ4n) is 2.23. The minimum Gasteiger partial charge on any atom is -0.469 e. The molecule has 1 N–H and O–H groups in total. The molecule has 0 spiro atoms. The van der Waals surface area contributed by atoms with Crippen molar-refractivity contribution < 1.29 is 22.4 Å². The summed E-state index contributed by atoms with van der Waals surface area (Å²) < 4.78 is 45.3. The number of hydrogen-bond acceptors (Lipinski definition) is 3. The van der Waals surface area contributed by atoms with Crippen molar-refractivity contribution in [2.24, 2.45) is 0 Å². The van der Waals surface area contributed by atoms with Crippen molar-refractivity contribution in [2.45, 2.75) is 13.1 Å². The first-order valence-corrected chi connectivity index (χ1v) is 6.93. The highest BCUT2D eigenvalue weighted by molar-refractivity contribution is 6.05. The maximum absolute atomic E-state index is 13.0. The smallest absolute Gasteiger partial charge is 0.416 e. The maximum Gasteiger partial charge on any atom is 0.416 e. The molecule has 0 fully saturated rings. The van der Waals surface area contributed by atoms with Gasteiger partial charge in [-0.3, -0.25) is 4.79 Å². The lowest BCUT2D eigenvalue weighted by Crippen LogP contribution is -2.16. The van der Waals surface area contributed by atoms with Gasteiger partial charge in [-0.15, -0.1) is 0 Å². The van der Waals surface area contributed by atoms with Crippen molar-refractivity contribution in [1.82, 2.24) is 9.78 Å². The Kier molecular flexibility index (Phi) is 3.88. The number of alkyl halides is 3. The third-order valence-corrected chi connectivity index (χ3v) is 3.43. The molecule has 5 nitrogen and oxygen atoms in total. The number of furan rings is 1. The van der Waals surface area contributed by atoms with Crippen LogP contribution in [0.4, 0.5) is 18.9 Å². The summed E-state index contributed by atoms with van der Waals surface area (Å²) in [6, 6.07) is 6.16.